The number of nitrogens with one attached hydrogen (secondary N) is 1. The van der Waals surface area contributed by atoms with Gasteiger partial charge in [0.15, 0.2) is 0 Å². The minimum atomic E-state index is -0.104. The van der Waals surface area contributed by atoms with Gasteiger partial charge in [-0.2, -0.15) is 0 Å². The standard InChI is InChI=1S/C18H15Cl2N3O/c19-12-5-6-13(20)15(10-12)22-18(24)11-4-7-14-16(9-11)23-8-2-1-3-17(23)21-14/h1-3,5-6,8,10-11H,4,7,9H2,(H,22,24). The summed E-state index contributed by atoms with van der Waals surface area (Å²) in [6.45, 7) is 0. The highest BCUT2D eigenvalue weighted by atomic mass is 35.5. The number of pyridine rings is 1. The molecule has 0 bridgehead atoms. The predicted octanol–water partition coefficient (Wildman–Crippen LogP) is 4.38. The molecule has 2 heterocycles. The van der Waals surface area contributed by atoms with Crippen molar-refractivity contribution < 1.29 is 4.79 Å². The number of rotatable bonds is 2. The van der Waals surface area contributed by atoms with Gasteiger partial charge < -0.3 is 9.72 Å². The number of hydrogen-bond donors (Lipinski definition) is 1. The number of carbonyl (C=O) groups is 1. The zero-order valence-electron chi connectivity index (χ0n) is 12.8. The maximum Gasteiger partial charge on any atom is 0.227 e. The Morgan fingerprint density at radius 2 is 2.12 bits per heavy atom. The Morgan fingerprint density at radius 1 is 1.25 bits per heavy atom. The summed E-state index contributed by atoms with van der Waals surface area (Å²) in [5.74, 6) is -0.136. The number of fused-ring (bicyclic) bond motifs is 3. The van der Waals surface area contributed by atoms with E-state index in [1.165, 1.54) is 0 Å². The Bertz CT molecular complexity index is 935. The third-order valence-electron chi connectivity index (χ3n) is 4.44. The minimum absolute atomic E-state index is 0.0318. The van der Waals surface area contributed by atoms with E-state index < -0.39 is 0 Å². The van der Waals surface area contributed by atoms with Crippen molar-refractivity contribution in [2.75, 3.05) is 5.32 Å². The second-order valence-electron chi connectivity index (χ2n) is 5.99. The van der Waals surface area contributed by atoms with Gasteiger partial charge in [0, 0.05) is 29.3 Å². The number of imidazole rings is 1. The van der Waals surface area contributed by atoms with E-state index in [9.17, 15) is 4.79 Å². The summed E-state index contributed by atoms with van der Waals surface area (Å²) in [5.41, 5.74) is 3.69. The lowest BCUT2D eigenvalue weighted by molar-refractivity contribution is -0.120. The molecule has 0 aliphatic heterocycles. The number of aryl methyl sites for hydroxylation is 1. The van der Waals surface area contributed by atoms with Crippen molar-refractivity contribution in [2.45, 2.75) is 19.3 Å². The zero-order valence-corrected chi connectivity index (χ0v) is 14.3. The number of nitrogens with zero attached hydrogens (tertiary/aromatic N) is 2. The van der Waals surface area contributed by atoms with Gasteiger partial charge >= 0.3 is 0 Å². The van der Waals surface area contributed by atoms with Gasteiger partial charge in [-0.3, -0.25) is 4.79 Å². The van der Waals surface area contributed by atoms with E-state index in [1.54, 1.807) is 18.2 Å². The van der Waals surface area contributed by atoms with E-state index in [0.29, 0.717) is 22.2 Å². The van der Waals surface area contributed by atoms with E-state index >= 15 is 0 Å². The van der Waals surface area contributed by atoms with Gasteiger partial charge in [-0.25, -0.2) is 4.98 Å². The number of halogens is 2. The number of amides is 1. The van der Waals surface area contributed by atoms with Crippen molar-refractivity contribution in [3.63, 3.8) is 0 Å². The van der Waals surface area contributed by atoms with Crippen LogP contribution in [0.1, 0.15) is 17.8 Å². The molecule has 0 saturated heterocycles. The number of carbonyl (C=O) groups excluding carboxylic acids is 1. The highest BCUT2D eigenvalue weighted by Crippen LogP contribution is 2.29. The molecule has 1 aliphatic carbocycles. The van der Waals surface area contributed by atoms with Crippen LogP contribution in [-0.2, 0) is 17.6 Å². The van der Waals surface area contributed by atoms with Crippen LogP contribution in [0.5, 0.6) is 0 Å². The van der Waals surface area contributed by atoms with Crippen LogP contribution in [0.25, 0.3) is 5.65 Å². The quantitative estimate of drug-likeness (QED) is 0.737. The number of anilines is 1. The first-order valence-corrected chi connectivity index (χ1v) is 8.58. The molecule has 3 aromatic rings. The summed E-state index contributed by atoms with van der Waals surface area (Å²) < 4.78 is 2.07. The number of aromatic nitrogens is 2. The number of benzene rings is 1. The number of hydrogen-bond acceptors (Lipinski definition) is 2. The van der Waals surface area contributed by atoms with Gasteiger partial charge in [0.1, 0.15) is 5.65 Å². The molecular formula is C18H15Cl2N3O. The molecule has 0 saturated carbocycles. The second kappa shape index (κ2) is 6.11. The van der Waals surface area contributed by atoms with Crippen molar-refractivity contribution in [2.24, 2.45) is 5.92 Å². The van der Waals surface area contributed by atoms with E-state index in [0.717, 1.165) is 29.9 Å². The smallest absolute Gasteiger partial charge is 0.227 e. The van der Waals surface area contributed by atoms with Crippen LogP contribution in [0.4, 0.5) is 5.69 Å². The lowest BCUT2D eigenvalue weighted by Crippen LogP contribution is -2.28. The van der Waals surface area contributed by atoms with Crippen LogP contribution in [0, 0.1) is 5.92 Å². The molecule has 1 amide bonds. The van der Waals surface area contributed by atoms with Crippen molar-refractivity contribution in [3.8, 4) is 0 Å². The Labute approximate surface area is 149 Å². The van der Waals surface area contributed by atoms with Crippen molar-refractivity contribution in [3.05, 3.63) is 64.0 Å². The van der Waals surface area contributed by atoms with E-state index in [1.807, 2.05) is 24.4 Å². The molecule has 1 unspecified atom stereocenters. The first-order valence-electron chi connectivity index (χ1n) is 7.82. The normalized spacial score (nSPS) is 16.8. The summed E-state index contributed by atoms with van der Waals surface area (Å²) in [6.07, 6.45) is 4.25. The molecule has 1 N–H and O–H groups in total. The molecular weight excluding hydrogens is 345 g/mol. The molecule has 0 radical (unpaired) electrons. The monoisotopic (exact) mass is 359 g/mol. The molecule has 2 aromatic heterocycles. The van der Waals surface area contributed by atoms with E-state index in [2.05, 4.69) is 14.7 Å². The first kappa shape index (κ1) is 15.5. The van der Waals surface area contributed by atoms with Crippen LogP contribution in [0.2, 0.25) is 10.0 Å². The molecule has 4 rings (SSSR count). The fourth-order valence-corrected chi connectivity index (χ4v) is 3.55. The Morgan fingerprint density at radius 3 is 3.00 bits per heavy atom. The van der Waals surface area contributed by atoms with Crippen molar-refractivity contribution in [1.29, 1.82) is 0 Å². The third kappa shape index (κ3) is 2.76. The van der Waals surface area contributed by atoms with Crippen molar-refractivity contribution in [1.82, 2.24) is 9.38 Å². The van der Waals surface area contributed by atoms with Crippen molar-refractivity contribution >= 4 is 40.4 Å². The average molecular weight is 360 g/mol. The third-order valence-corrected chi connectivity index (χ3v) is 5.00. The van der Waals surface area contributed by atoms with Crippen LogP contribution in [0.15, 0.2) is 42.6 Å². The van der Waals surface area contributed by atoms with Gasteiger partial charge in [0.2, 0.25) is 5.91 Å². The topological polar surface area (TPSA) is 46.4 Å². The van der Waals surface area contributed by atoms with Crippen LogP contribution < -0.4 is 5.32 Å². The molecule has 0 fully saturated rings. The van der Waals surface area contributed by atoms with Gasteiger partial charge in [-0.1, -0.05) is 29.3 Å². The maximum absolute atomic E-state index is 12.7. The second-order valence-corrected chi connectivity index (χ2v) is 6.83. The molecule has 122 valence electrons. The summed E-state index contributed by atoms with van der Waals surface area (Å²) in [4.78, 5) is 17.3. The van der Waals surface area contributed by atoms with E-state index in [4.69, 9.17) is 23.2 Å². The van der Waals surface area contributed by atoms with Gasteiger partial charge in [-0.05, 0) is 43.2 Å². The lowest BCUT2D eigenvalue weighted by Gasteiger charge is -2.21. The maximum atomic E-state index is 12.7. The Hall–Kier alpha value is -2.04. The SMILES string of the molecule is O=C(Nc1cc(Cl)ccc1Cl)C1CCc2nc3ccccn3c2C1. The first-order chi connectivity index (χ1) is 11.6. The van der Waals surface area contributed by atoms with Crippen LogP contribution in [0.3, 0.4) is 0 Å². The molecule has 24 heavy (non-hydrogen) atoms. The summed E-state index contributed by atoms with van der Waals surface area (Å²) in [6, 6.07) is 11.0. The van der Waals surface area contributed by atoms with Crippen LogP contribution >= 0.6 is 23.2 Å². The van der Waals surface area contributed by atoms with Gasteiger partial charge in [0.25, 0.3) is 0 Å². The largest absolute Gasteiger partial charge is 0.324 e. The Kier molecular flexibility index (Phi) is 3.94. The fourth-order valence-electron chi connectivity index (χ4n) is 3.21. The van der Waals surface area contributed by atoms with Crippen LogP contribution in [-0.4, -0.2) is 15.3 Å². The Balaban J connectivity index is 1.57. The lowest BCUT2D eigenvalue weighted by atomic mass is 9.89. The molecule has 1 aliphatic rings. The molecule has 4 nitrogen and oxygen atoms in total. The zero-order chi connectivity index (χ0) is 16.7. The van der Waals surface area contributed by atoms with E-state index in [-0.39, 0.29) is 11.8 Å². The summed E-state index contributed by atoms with van der Waals surface area (Å²) in [5, 5.41) is 3.94. The van der Waals surface area contributed by atoms with Gasteiger partial charge in [-0.15, -0.1) is 0 Å². The average Bonchev–Trinajstić information content (AvgIpc) is 2.96. The fraction of sp³-hybridized carbons (Fsp3) is 0.222. The predicted molar refractivity (Wildman–Crippen MR) is 95.8 cm³/mol. The van der Waals surface area contributed by atoms with Gasteiger partial charge in [0.05, 0.1) is 16.4 Å². The minimum Gasteiger partial charge on any atom is -0.324 e. The highest BCUT2D eigenvalue weighted by Gasteiger charge is 2.28. The highest BCUT2D eigenvalue weighted by molar-refractivity contribution is 6.35. The molecule has 6 heteroatoms. The molecule has 1 aromatic carbocycles. The molecule has 0 spiro atoms. The molecule has 1 atom stereocenters. The summed E-state index contributed by atoms with van der Waals surface area (Å²) in [7, 11) is 0. The summed E-state index contributed by atoms with van der Waals surface area (Å²) >= 11 is 12.1.